The number of nitro groups is 1. The molecule has 2 aliphatic rings. The van der Waals surface area contributed by atoms with E-state index in [0.717, 1.165) is 25.3 Å². The maximum atomic E-state index is 10.8. The van der Waals surface area contributed by atoms with Gasteiger partial charge in [0, 0.05) is 31.8 Å². The number of nitrogens with zero attached hydrogens (tertiary/aromatic N) is 5. The summed E-state index contributed by atoms with van der Waals surface area (Å²) in [5.41, 5.74) is 2.22. The number of benzene rings is 2. The zero-order valence-electron chi connectivity index (χ0n) is 13.0. The summed E-state index contributed by atoms with van der Waals surface area (Å²) in [7, 11) is 0. The lowest BCUT2D eigenvalue weighted by Gasteiger charge is -2.22. The van der Waals surface area contributed by atoms with Gasteiger partial charge in [0.05, 0.1) is 16.7 Å². The van der Waals surface area contributed by atoms with Gasteiger partial charge in [-0.2, -0.15) is 5.11 Å². The second kappa shape index (κ2) is 6.01. The van der Waals surface area contributed by atoms with Crippen molar-refractivity contribution in [3.8, 4) is 0 Å². The van der Waals surface area contributed by atoms with Gasteiger partial charge in [-0.25, -0.2) is 5.01 Å². The fourth-order valence-corrected chi connectivity index (χ4v) is 3.33. The van der Waals surface area contributed by atoms with Crippen LogP contribution in [-0.2, 0) is 6.54 Å². The van der Waals surface area contributed by atoms with Crippen LogP contribution < -0.4 is 5.01 Å². The lowest BCUT2D eigenvalue weighted by Crippen LogP contribution is -2.34. The van der Waals surface area contributed by atoms with Gasteiger partial charge in [0.15, 0.2) is 0 Å². The van der Waals surface area contributed by atoms with E-state index in [1.807, 2.05) is 11.1 Å². The first-order chi connectivity index (χ1) is 11.7. The molecule has 2 aromatic rings. The number of hydrogen-bond donors (Lipinski definition) is 0. The fraction of sp³-hybridized carbons (Fsp3) is 0.294. The van der Waals surface area contributed by atoms with Crippen molar-refractivity contribution in [3.05, 3.63) is 70.3 Å². The minimum absolute atomic E-state index is 0.0866. The van der Waals surface area contributed by atoms with Gasteiger partial charge in [0.2, 0.25) is 0 Å². The van der Waals surface area contributed by atoms with Crippen molar-refractivity contribution in [3.63, 3.8) is 0 Å². The molecule has 2 heterocycles. The van der Waals surface area contributed by atoms with E-state index in [1.54, 1.807) is 12.1 Å². The van der Waals surface area contributed by atoms with Crippen molar-refractivity contribution in [2.24, 2.45) is 10.3 Å². The number of anilines is 1. The van der Waals surface area contributed by atoms with Crippen molar-refractivity contribution in [2.45, 2.75) is 18.6 Å². The zero-order chi connectivity index (χ0) is 16.5. The summed E-state index contributed by atoms with van der Waals surface area (Å²) in [5.74, 6) is 0. The molecule has 0 bridgehead atoms. The van der Waals surface area contributed by atoms with Gasteiger partial charge in [-0.05, 0) is 17.7 Å². The Bertz CT molecular complexity index is 762. The first-order valence-corrected chi connectivity index (χ1v) is 7.91. The number of hydrogen-bond acceptors (Lipinski definition) is 6. The smallest absolute Gasteiger partial charge is 0.269 e. The van der Waals surface area contributed by atoms with Gasteiger partial charge in [-0.15, -0.1) is 0 Å². The average molecular weight is 323 g/mol. The van der Waals surface area contributed by atoms with Crippen LogP contribution in [0.4, 0.5) is 11.4 Å². The first-order valence-electron chi connectivity index (χ1n) is 7.91. The van der Waals surface area contributed by atoms with Crippen molar-refractivity contribution in [1.29, 1.82) is 0 Å². The van der Waals surface area contributed by atoms with Crippen LogP contribution in [0.2, 0.25) is 0 Å². The van der Waals surface area contributed by atoms with E-state index in [4.69, 9.17) is 0 Å². The highest BCUT2D eigenvalue weighted by Gasteiger charge is 2.41. The quantitative estimate of drug-likeness (QED) is 0.640. The highest BCUT2D eigenvalue weighted by Crippen LogP contribution is 2.32. The van der Waals surface area contributed by atoms with Crippen LogP contribution in [-0.4, -0.2) is 35.0 Å². The number of fused-ring (bicyclic) bond motifs is 1. The number of non-ortho nitro benzene ring substituents is 1. The molecule has 2 atom stereocenters. The summed E-state index contributed by atoms with van der Waals surface area (Å²) >= 11 is 0. The molecule has 7 nitrogen and oxygen atoms in total. The second-order valence-corrected chi connectivity index (χ2v) is 6.14. The molecule has 24 heavy (non-hydrogen) atoms. The van der Waals surface area contributed by atoms with Gasteiger partial charge in [0.25, 0.3) is 5.69 Å². The summed E-state index contributed by atoms with van der Waals surface area (Å²) in [5, 5.41) is 21.3. The number of likely N-dealkylation sites (tertiary alicyclic amines) is 1. The zero-order valence-corrected chi connectivity index (χ0v) is 13.0. The molecule has 1 saturated heterocycles. The topological polar surface area (TPSA) is 74.3 Å². The van der Waals surface area contributed by atoms with Crippen LogP contribution in [0.3, 0.4) is 0 Å². The molecule has 0 unspecified atom stereocenters. The van der Waals surface area contributed by atoms with E-state index >= 15 is 0 Å². The van der Waals surface area contributed by atoms with E-state index in [9.17, 15) is 10.1 Å². The summed E-state index contributed by atoms with van der Waals surface area (Å²) < 4.78 is 0. The van der Waals surface area contributed by atoms with E-state index in [0.29, 0.717) is 0 Å². The molecule has 122 valence electrons. The van der Waals surface area contributed by atoms with Gasteiger partial charge in [-0.1, -0.05) is 35.6 Å². The average Bonchev–Trinajstić information content (AvgIpc) is 3.16. The summed E-state index contributed by atoms with van der Waals surface area (Å²) in [6.45, 7) is 2.66. The second-order valence-electron chi connectivity index (χ2n) is 6.14. The van der Waals surface area contributed by atoms with Gasteiger partial charge in [0.1, 0.15) is 6.04 Å². The Morgan fingerprint density at radius 2 is 1.83 bits per heavy atom. The molecule has 0 aromatic heterocycles. The third kappa shape index (κ3) is 2.74. The molecule has 7 heteroatoms. The van der Waals surface area contributed by atoms with E-state index < -0.39 is 4.92 Å². The Kier molecular flexibility index (Phi) is 3.70. The van der Waals surface area contributed by atoms with Crippen LogP contribution in [0.5, 0.6) is 0 Å². The van der Waals surface area contributed by atoms with E-state index in [1.165, 1.54) is 17.7 Å². The van der Waals surface area contributed by atoms with Crippen molar-refractivity contribution < 1.29 is 4.92 Å². The Hall–Kier alpha value is -2.80. The highest BCUT2D eigenvalue weighted by atomic mass is 16.6. The predicted molar refractivity (Wildman–Crippen MR) is 89.7 cm³/mol. The Balaban J connectivity index is 1.46. The third-order valence-electron chi connectivity index (χ3n) is 4.52. The maximum absolute atomic E-state index is 10.8. The van der Waals surface area contributed by atoms with Crippen LogP contribution in [0, 0.1) is 10.1 Å². The summed E-state index contributed by atoms with van der Waals surface area (Å²) in [4.78, 5) is 12.8. The lowest BCUT2D eigenvalue weighted by molar-refractivity contribution is -0.384. The molecule has 0 N–H and O–H groups in total. The molecular formula is C17H17N5O2. The monoisotopic (exact) mass is 323 g/mol. The van der Waals surface area contributed by atoms with Crippen molar-refractivity contribution in [1.82, 2.24) is 4.90 Å². The van der Waals surface area contributed by atoms with Crippen molar-refractivity contribution >= 4 is 11.4 Å². The predicted octanol–water partition coefficient (Wildman–Crippen LogP) is 3.04. The van der Waals surface area contributed by atoms with E-state index in [-0.39, 0.29) is 17.8 Å². The maximum Gasteiger partial charge on any atom is 0.269 e. The molecule has 4 rings (SSSR count). The molecule has 1 fully saturated rings. The van der Waals surface area contributed by atoms with Gasteiger partial charge in [-0.3, -0.25) is 15.0 Å². The standard InChI is InChI=1S/C17H17N5O2/c23-22(24)15-8-6-14(7-9-15)21-17-12-20(11-16(17)18-19-21)10-13-4-2-1-3-5-13/h1-9,16-17H,10-12H2/t16-,17+/m0/s1. The van der Waals surface area contributed by atoms with Crippen LogP contribution >= 0.6 is 0 Å². The lowest BCUT2D eigenvalue weighted by atomic mass is 10.1. The molecule has 0 radical (unpaired) electrons. The molecule has 0 saturated carbocycles. The number of nitro benzene ring substituents is 1. The molecule has 2 aromatic carbocycles. The highest BCUT2D eigenvalue weighted by molar-refractivity contribution is 5.52. The van der Waals surface area contributed by atoms with E-state index in [2.05, 4.69) is 39.5 Å². The fourth-order valence-electron chi connectivity index (χ4n) is 3.33. The Morgan fingerprint density at radius 3 is 2.54 bits per heavy atom. The molecular weight excluding hydrogens is 306 g/mol. The summed E-state index contributed by atoms with van der Waals surface area (Å²) in [6.07, 6.45) is 0. The normalized spacial score (nSPS) is 22.8. The molecule has 2 aliphatic heterocycles. The minimum Gasteiger partial charge on any atom is -0.295 e. The number of rotatable bonds is 4. The van der Waals surface area contributed by atoms with Gasteiger partial charge >= 0.3 is 0 Å². The summed E-state index contributed by atoms with van der Waals surface area (Å²) in [6, 6.07) is 17.2. The largest absolute Gasteiger partial charge is 0.295 e. The van der Waals surface area contributed by atoms with Crippen molar-refractivity contribution in [2.75, 3.05) is 18.1 Å². The molecule has 0 aliphatic carbocycles. The van der Waals surface area contributed by atoms with Crippen LogP contribution in [0.15, 0.2) is 64.9 Å². The van der Waals surface area contributed by atoms with Crippen LogP contribution in [0.1, 0.15) is 5.56 Å². The Morgan fingerprint density at radius 1 is 1.08 bits per heavy atom. The van der Waals surface area contributed by atoms with Crippen LogP contribution in [0.25, 0.3) is 0 Å². The first kappa shape index (κ1) is 14.8. The third-order valence-corrected chi connectivity index (χ3v) is 4.52. The SMILES string of the molecule is O=[N+]([O-])c1ccc(N2N=N[C@H]3CN(Cc4ccccc4)C[C@H]32)cc1. The van der Waals surface area contributed by atoms with Gasteiger partial charge < -0.3 is 0 Å². The Labute approximate surface area is 139 Å². The molecule has 0 amide bonds. The minimum atomic E-state index is -0.394. The molecule has 0 spiro atoms.